The molecule has 7 nitrogen and oxygen atoms in total. The second-order valence-corrected chi connectivity index (χ2v) is 5.89. The molecule has 3 amide bonds. The predicted molar refractivity (Wildman–Crippen MR) is 69.6 cm³/mol. The molecule has 112 valence electrons. The molecule has 1 fully saturated rings. The molecule has 2 N–H and O–H groups in total. The summed E-state index contributed by atoms with van der Waals surface area (Å²) in [5.74, 6) is -2.17. The molecule has 7 heteroatoms. The van der Waals surface area contributed by atoms with Crippen LogP contribution in [0.4, 0.5) is 0 Å². The van der Waals surface area contributed by atoms with Gasteiger partial charge in [0.1, 0.15) is 6.04 Å². The molecular formula is C13H20N2O5. The SMILES string of the molecule is CC(C)(C)[C@@H](NC(=O)CCN1C(=O)CCC1=O)C(=O)O. The normalized spacial score (nSPS) is 17.2. The summed E-state index contributed by atoms with van der Waals surface area (Å²) in [7, 11) is 0. The molecule has 0 spiro atoms. The number of carbonyl (C=O) groups excluding carboxylic acids is 3. The molecule has 1 aliphatic heterocycles. The first-order valence-electron chi connectivity index (χ1n) is 6.48. The Kier molecular flexibility index (Phi) is 4.86. The zero-order valence-corrected chi connectivity index (χ0v) is 11.9. The van der Waals surface area contributed by atoms with Gasteiger partial charge in [0.15, 0.2) is 0 Å². The number of aliphatic carboxylic acids is 1. The van der Waals surface area contributed by atoms with Crippen molar-refractivity contribution in [2.45, 2.75) is 46.1 Å². The number of rotatable bonds is 5. The summed E-state index contributed by atoms with van der Waals surface area (Å²) >= 11 is 0. The number of carboxylic acids is 1. The van der Waals surface area contributed by atoms with Gasteiger partial charge < -0.3 is 10.4 Å². The van der Waals surface area contributed by atoms with Crippen LogP contribution in [0.25, 0.3) is 0 Å². The van der Waals surface area contributed by atoms with Gasteiger partial charge in [-0.25, -0.2) is 4.79 Å². The van der Waals surface area contributed by atoms with Crippen molar-refractivity contribution in [3.8, 4) is 0 Å². The fraction of sp³-hybridized carbons (Fsp3) is 0.692. The van der Waals surface area contributed by atoms with Crippen LogP contribution in [0.1, 0.15) is 40.0 Å². The predicted octanol–water partition coefficient (Wildman–Crippen LogP) is 0.141. The molecule has 1 rings (SSSR count). The summed E-state index contributed by atoms with van der Waals surface area (Å²) < 4.78 is 0. The number of nitrogens with zero attached hydrogens (tertiary/aromatic N) is 1. The van der Waals surface area contributed by atoms with Crippen LogP contribution in [0.2, 0.25) is 0 Å². The summed E-state index contributed by atoms with van der Waals surface area (Å²) in [5, 5.41) is 11.5. The van der Waals surface area contributed by atoms with Gasteiger partial charge in [0.25, 0.3) is 0 Å². The maximum absolute atomic E-state index is 11.8. The second kappa shape index (κ2) is 6.02. The maximum Gasteiger partial charge on any atom is 0.326 e. The molecule has 0 radical (unpaired) electrons. The molecule has 1 aliphatic rings. The quantitative estimate of drug-likeness (QED) is 0.699. The number of hydrogen-bond donors (Lipinski definition) is 2. The van der Waals surface area contributed by atoms with Crippen LogP contribution in [0.15, 0.2) is 0 Å². The van der Waals surface area contributed by atoms with Crippen LogP contribution >= 0.6 is 0 Å². The first kappa shape index (κ1) is 16.1. The summed E-state index contributed by atoms with van der Waals surface area (Å²) in [4.78, 5) is 46.6. The highest BCUT2D eigenvalue weighted by Crippen LogP contribution is 2.19. The molecule has 0 saturated carbocycles. The Balaban J connectivity index is 2.53. The first-order chi connectivity index (χ1) is 9.12. The first-order valence-corrected chi connectivity index (χ1v) is 6.48. The molecule has 0 aromatic heterocycles. The highest BCUT2D eigenvalue weighted by Gasteiger charge is 2.33. The van der Waals surface area contributed by atoms with Crippen molar-refractivity contribution < 1.29 is 24.3 Å². The number of imide groups is 1. The van der Waals surface area contributed by atoms with Crippen molar-refractivity contribution >= 4 is 23.7 Å². The van der Waals surface area contributed by atoms with Gasteiger partial charge in [-0.15, -0.1) is 0 Å². The minimum absolute atomic E-state index is 0.0000180. The molecule has 20 heavy (non-hydrogen) atoms. The van der Waals surface area contributed by atoms with E-state index in [-0.39, 0.29) is 37.6 Å². The smallest absolute Gasteiger partial charge is 0.326 e. The molecule has 0 aliphatic carbocycles. The average Bonchev–Trinajstić information content (AvgIpc) is 2.61. The van der Waals surface area contributed by atoms with Crippen LogP contribution in [0, 0.1) is 5.41 Å². The van der Waals surface area contributed by atoms with E-state index in [1.54, 1.807) is 20.8 Å². The lowest BCUT2D eigenvalue weighted by atomic mass is 9.86. The zero-order chi connectivity index (χ0) is 15.5. The number of carbonyl (C=O) groups is 4. The third kappa shape index (κ3) is 4.04. The lowest BCUT2D eigenvalue weighted by Crippen LogP contribution is -2.49. The van der Waals surface area contributed by atoms with Crippen molar-refractivity contribution in [3.05, 3.63) is 0 Å². The molecule has 0 aromatic carbocycles. The summed E-state index contributed by atoms with van der Waals surface area (Å²) in [5.41, 5.74) is -0.624. The Hall–Kier alpha value is -1.92. The van der Waals surface area contributed by atoms with E-state index < -0.39 is 23.3 Å². The van der Waals surface area contributed by atoms with Crippen LogP contribution in [-0.2, 0) is 19.2 Å². The van der Waals surface area contributed by atoms with Gasteiger partial charge in [-0.2, -0.15) is 0 Å². The van der Waals surface area contributed by atoms with Crippen molar-refractivity contribution in [2.24, 2.45) is 5.41 Å². The van der Waals surface area contributed by atoms with E-state index in [0.717, 1.165) is 4.90 Å². The fourth-order valence-electron chi connectivity index (χ4n) is 1.97. The lowest BCUT2D eigenvalue weighted by molar-refractivity contribution is -0.145. The highest BCUT2D eigenvalue weighted by atomic mass is 16.4. The Labute approximate surface area is 117 Å². The third-order valence-corrected chi connectivity index (χ3v) is 3.14. The Morgan fingerprint density at radius 2 is 1.75 bits per heavy atom. The van der Waals surface area contributed by atoms with Crippen LogP contribution in [0.5, 0.6) is 0 Å². The number of amides is 3. The fourth-order valence-corrected chi connectivity index (χ4v) is 1.97. The summed E-state index contributed by atoms with van der Waals surface area (Å²) in [6, 6.07) is -1.01. The second-order valence-electron chi connectivity index (χ2n) is 5.89. The molecular weight excluding hydrogens is 264 g/mol. The minimum atomic E-state index is -1.11. The molecule has 1 atom stereocenters. The largest absolute Gasteiger partial charge is 0.480 e. The number of hydrogen-bond acceptors (Lipinski definition) is 4. The molecule has 0 aromatic rings. The van der Waals surface area contributed by atoms with Crippen molar-refractivity contribution in [1.82, 2.24) is 10.2 Å². The van der Waals surface area contributed by atoms with E-state index in [1.165, 1.54) is 0 Å². The van der Waals surface area contributed by atoms with Crippen molar-refractivity contribution in [1.29, 1.82) is 0 Å². The monoisotopic (exact) mass is 284 g/mol. The average molecular weight is 284 g/mol. The van der Waals surface area contributed by atoms with Crippen LogP contribution in [0.3, 0.4) is 0 Å². The summed E-state index contributed by atoms with van der Waals surface area (Å²) in [6.07, 6.45) is 0.276. The Bertz CT molecular complexity index is 423. The maximum atomic E-state index is 11.8. The number of likely N-dealkylation sites (tertiary alicyclic amines) is 1. The van der Waals surface area contributed by atoms with E-state index in [1.807, 2.05) is 0 Å². The van der Waals surface area contributed by atoms with E-state index in [4.69, 9.17) is 5.11 Å². The van der Waals surface area contributed by atoms with E-state index in [0.29, 0.717) is 0 Å². The van der Waals surface area contributed by atoms with Gasteiger partial charge in [-0.1, -0.05) is 20.8 Å². The molecule has 0 unspecified atom stereocenters. The summed E-state index contributed by atoms with van der Waals surface area (Å²) in [6.45, 7) is 5.12. The van der Waals surface area contributed by atoms with Crippen LogP contribution < -0.4 is 5.32 Å². The molecule has 1 saturated heterocycles. The molecule has 1 heterocycles. The van der Waals surface area contributed by atoms with E-state index >= 15 is 0 Å². The highest BCUT2D eigenvalue weighted by molar-refractivity contribution is 6.02. The third-order valence-electron chi connectivity index (χ3n) is 3.14. The van der Waals surface area contributed by atoms with Gasteiger partial charge in [0, 0.05) is 25.8 Å². The minimum Gasteiger partial charge on any atom is -0.480 e. The van der Waals surface area contributed by atoms with Gasteiger partial charge in [0.2, 0.25) is 17.7 Å². The Morgan fingerprint density at radius 3 is 2.15 bits per heavy atom. The topological polar surface area (TPSA) is 104 Å². The van der Waals surface area contributed by atoms with Crippen LogP contribution in [-0.4, -0.2) is 46.3 Å². The van der Waals surface area contributed by atoms with E-state index in [9.17, 15) is 19.2 Å². The molecule has 0 bridgehead atoms. The standard InChI is InChI=1S/C13H20N2O5/c1-13(2,3)11(12(19)20)14-8(16)6-7-15-9(17)4-5-10(15)18/h11H,4-7H2,1-3H3,(H,14,16)(H,19,20)/t11-/m0/s1. The number of carboxylic acid groups (broad SMARTS) is 1. The van der Waals surface area contributed by atoms with Gasteiger partial charge in [-0.05, 0) is 5.41 Å². The van der Waals surface area contributed by atoms with Gasteiger partial charge in [0.05, 0.1) is 0 Å². The zero-order valence-electron chi connectivity index (χ0n) is 11.9. The van der Waals surface area contributed by atoms with Gasteiger partial charge in [-0.3, -0.25) is 19.3 Å². The lowest BCUT2D eigenvalue weighted by Gasteiger charge is -2.28. The number of nitrogens with one attached hydrogen (secondary N) is 1. The Morgan fingerprint density at radius 1 is 1.25 bits per heavy atom. The van der Waals surface area contributed by atoms with Gasteiger partial charge >= 0.3 is 5.97 Å². The van der Waals surface area contributed by atoms with Crippen molar-refractivity contribution in [3.63, 3.8) is 0 Å². The van der Waals surface area contributed by atoms with E-state index in [2.05, 4.69) is 5.32 Å². The van der Waals surface area contributed by atoms with Crippen molar-refractivity contribution in [2.75, 3.05) is 6.54 Å².